The Morgan fingerprint density at radius 2 is 1.85 bits per heavy atom. The first-order chi connectivity index (χ1) is 12.6. The minimum Gasteiger partial charge on any atom is -0.493 e. The Hall–Kier alpha value is -2.28. The van der Waals surface area contributed by atoms with Gasteiger partial charge in [-0.15, -0.1) is 0 Å². The third kappa shape index (κ3) is 4.09. The average molecular weight is 362 g/mol. The SMILES string of the molecule is COc1ccc(NC(=O)C2CCN(C(=O)C3CCCO3)CC2)cc1OC. The second-order valence-corrected chi connectivity index (χ2v) is 6.66. The van der Waals surface area contributed by atoms with Gasteiger partial charge in [-0.05, 0) is 37.8 Å². The first kappa shape index (κ1) is 18.5. The van der Waals surface area contributed by atoms with Gasteiger partial charge < -0.3 is 24.4 Å². The van der Waals surface area contributed by atoms with Gasteiger partial charge in [-0.2, -0.15) is 0 Å². The van der Waals surface area contributed by atoms with E-state index in [1.54, 1.807) is 32.4 Å². The molecule has 1 unspecified atom stereocenters. The number of benzene rings is 1. The van der Waals surface area contributed by atoms with Crippen LogP contribution in [0.4, 0.5) is 5.69 Å². The second kappa shape index (κ2) is 8.40. The van der Waals surface area contributed by atoms with Gasteiger partial charge in [-0.3, -0.25) is 9.59 Å². The largest absolute Gasteiger partial charge is 0.493 e. The van der Waals surface area contributed by atoms with Crippen molar-refractivity contribution in [2.45, 2.75) is 31.8 Å². The van der Waals surface area contributed by atoms with Gasteiger partial charge in [0.1, 0.15) is 6.10 Å². The quantitative estimate of drug-likeness (QED) is 0.868. The number of carbonyl (C=O) groups is 2. The maximum atomic E-state index is 12.5. The van der Waals surface area contributed by atoms with Gasteiger partial charge in [0.15, 0.2) is 11.5 Å². The van der Waals surface area contributed by atoms with Crippen molar-refractivity contribution >= 4 is 17.5 Å². The summed E-state index contributed by atoms with van der Waals surface area (Å²) in [6.07, 6.45) is 2.79. The van der Waals surface area contributed by atoms with Crippen molar-refractivity contribution in [3.63, 3.8) is 0 Å². The molecule has 7 heteroatoms. The Morgan fingerprint density at radius 1 is 1.12 bits per heavy atom. The number of methoxy groups -OCH3 is 2. The summed E-state index contributed by atoms with van der Waals surface area (Å²) in [5, 5.41) is 2.93. The molecule has 0 aliphatic carbocycles. The van der Waals surface area contributed by atoms with Crippen molar-refractivity contribution < 1.29 is 23.8 Å². The van der Waals surface area contributed by atoms with Crippen LogP contribution in [0.3, 0.4) is 0 Å². The zero-order chi connectivity index (χ0) is 18.5. The maximum Gasteiger partial charge on any atom is 0.251 e. The lowest BCUT2D eigenvalue weighted by molar-refractivity contribution is -0.143. The lowest BCUT2D eigenvalue weighted by Crippen LogP contribution is -2.45. The number of amides is 2. The zero-order valence-electron chi connectivity index (χ0n) is 15.3. The van der Waals surface area contributed by atoms with E-state index in [2.05, 4.69) is 5.32 Å². The number of likely N-dealkylation sites (tertiary alicyclic amines) is 1. The first-order valence-corrected chi connectivity index (χ1v) is 9.05. The predicted molar refractivity (Wildman–Crippen MR) is 96.5 cm³/mol. The molecule has 1 aromatic carbocycles. The van der Waals surface area contributed by atoms with Crippen LogP contribution in [0.15, 0.2) is 18.2 Å². The van der Waals surface area contributed by atoms with Crippen LogP contribution in [0.2, 0.25) is 0 Å². The maximum absolute atomic E-state index is 12.5. The Labute approximate surface area is 153 Å². The van der Waals surface area contributed by atoms with Crippen molar-refractivity contribution in [1.82, 2.24) is 4.90 Å². The minimum absolute atomic E-state index is 0.0264. The number of ether oxygens (including phenoxy) is 3. The number of piperidine rings is 1. The summed E-state index contributed by atoms with van der Waals surface area (Å²) in [4.78, 5) is 26.7. The molecule has 2 aliphatic rings. The topological polar surface area (TPSA) is 77.1 Å². The molecule has 1 atom stereocenters. The standard InChI is InChI=1S/C19H26N2O5/c1-24-15-6-5-14(12-17(15)25-2)20-18(22)13-7-9-21(10-8-13)19(23)16-4-3-11-26-16/h5-6,12-13,16H,3-4,7-11H2,1-2H3,(H,20,22). The molecule has 1 aromatic rings. The molecular formula is C19H26N2O5. The van der Waals surface area contributed by atoms with E-state index in [9.17, 15) is 9.59 Å². The average Bonchev–Trinajstić information content (AvgIpc) is 3.22. The first-order valence-electron chi connectivity index (χ1n) is 9.05. The van der Waals surface area contributed by atoms with Crippen LogP contribution in [0.25, 0.3) is 0 Å². The second-order valence-electron chi connectivity index (χ2n) is 6.66. The number of anilines is 1. The Kier molecular flexibility index (Phi) is 5.98. The van der Waals surface area contributed by atoms with Crippen LogP contribution in [-0.2, 0) is 14.3 Å². The van der Waals surface area contributed by atoms with Crippen molar-refractivity contribution in [3.8, 4) is 11.5 Å². The van der Waals surface area contributed by atoms with E-state index in [1.807, 2.05) is 4.90 Å². The Balaban J connectivity index is 1.53. The number of hydrogen-bond acceptors (Lipinski definition) is 5. The minimum atomic E-state index is -0.285. The summed E-state index contributed by atoms with van der Waals surface area (Å²) in [5.74, 6) is 1.13. The summed E-state index contributed by atoms with van der Waals surface area (Å²) in [5.41, 5.74) is 0.672. The summed E-state index contributed by atoms with van der Waals surface area (Å²) in [7, 11) is 3.13. The third-order valence-electron chi connectivity index (χ3n) is 5.03. The molecule has 26 heavy (non-hydrogen) atoms. The molecule has 2 amide bonds. The van der Waals surface area contributed by atoms with Gasteiger partial charge in [-0.1, -0.05) is 0 Å². The van der Waals surface area contributed by atoms with Crippen molar-refractivity contribution in [2.24, 2.45) is 5.92 Å². The summed E-state index contributed by atoms with van der Waals surface area (Å²) in [6, 6.07) is 5.29. The molecule has 0 aromatic heterocycles. The van der Waals surface area contributed by atoms with Gasteiger partial charge in [-0.25, -0.2) is 0 Å². The van der Waals surface area contributed by atoms with E-state index in [0.717, 1.165) is 12.8 Å². The predicted octanol–water partition coefficient (Wildman–Crippen LogP) is 2.06. The third-order valence-corrected chi connectivity index (χ3v) is 5.03. The molecule has 1 N–H and O–H groups in total. The van der Waals surface area contributed by atoms with Crippen LogP contribution in [0.5, 0.6) is 11.5 Å². The number of nitrogens with one attached hydrogen (secondary N) is 1. The molecule has 0 radical (unpaired) electrons. The monoisotopic (exact) mass is 362 g/mol. The van der Waals surface area contributed by atoms with Gasteiger partial charge in [0.25, 0.3) is 5.91 Å². The summed E-state index contributed by atoms with van der Waals surface area (Å²) in [6.45, 7) is 1.87. The van der Waals surface area contributed by atoms with E-state index in [1.165, 1.54) is 0 Å². The Morgan fingerprint density at radius 3 is 2.46 bits per heavy atom. The van der Waals surface area contributed by atoms with E-state index >= 15 is 0 Å². The van der Waals surface area contributed by atoms with Crippen molar-refractivity contribution in [3.05, 3.63) is 18.2 Å². The highest BCUT2D eigenvalue weighted by atomic mass is 16.5. The highest BCUT2D eigenvalue weighted by molar-refractivity contribution is 5.93. The lowest BCUT2D eigenvalue weighted by atomic mass is 9.95. The zero-order valence-corrected chi connectivity index (χ0v) is 15.3. The molecule has 7 nitrogen and oxygen atoms in total. The molecule has 2 aliphatic heterocycles. The van der Waals surface area contributed by atoms with Gasteiger partial charge in [0.05, 0.1) is 14.2 Å². The summed E-state index contributed by atoms with van der Waals surface area (Å²) >= 11 is 0. The Bertz CT molecular complexity index is 649. The van der Waals surface area contributed by atoms with E-state index in [-0.39, 0.29) is 23.8 Å². The molecule has 2 fully saturated rings. The summed E-state index contributed by atoms with van der Waals surface area (Å²) < 4.78 is 15.9. The molecular weight excluding hydrogens is 336 g/mol. The fourth-order valence-corrected chi connectivity index (χ4v) is 3.50. The molecule has 0 saturated carbocycles. The smallest absolute Gasteiger partial charge is 0.251 e. The molecule has 3 rings (SSSR count). The molecule has 0 spiro atoms. The van der Waals surface area contributed by atoms with Crippen LogP contribution >= 0.6 is 0 Å². The molecule has 2 heterocycles. The highest BCUT2D eigenvalue weighted by Crippen LogP contribution is 2.30. The van der Waals surface area contributed by atoms with E-state index in [0.29, 0.717) is 49.7 Å². The van der Waals surface area contributed by atoms with Gasteiger partial charge in [0.2, 0.25) is 5.91 Å². The fraction of sp³-hybridized carbons (Fsp3) is 0.579. The lowest BCUT2D eigenvalue weighted by Gasteiger charge is -2.32. The van der Waals surface area contributed by atoms with Crippen molar-refractivity contribution in [1.29, 1.82) is 0 Å². The van der Waals surface area contributed by atoms with E-state index < -0.39 is 0 Å². The van der Waals surface area contributed by atoms with Crippen molar-refractivity contribution in [2.75, 3.05) is 39.2 Å². The fourth-order valence-electron chi connectivity index (χ4n) is 3.50. The number of hydrogen-bond donors (Lipinski definition) is 1. The molecule has 0 bridgehead atoms. The van der Waals surface area contributed by atoms with Gasteiger partial charge in [0, 0.05) is 37.4 Å². The highest BCUT2D eigenvalue weighted by Gasteiger charge is 2.32. The van der Waals surface area contributed by atoms with Crippen LogP contribution in [0, 0.1) is 5.92 Å². The normalized spacial score (nSPS) is 20.7. The number of carbonyl (C=O) groups excluding carboxylic acids is 2. The van der Waals surface area contributed by atoms with E-state index in [4.69, 9.17) is 14.2 Å². The van der Waals surface area contributed by atoms with Crippen LogP contribution in [-0.4, -0.2) is 56.7 Å². The van der Waals surface area contributed by atoms with Gasteiger partial charge >= 0.3 is 0 Å². The number of rotatable bonds is 5. The van der Waals surface area contributed by atoms with Crippen LogP contribution in [0.1, 0.15) is 25.7 Å². The van der Waals surface area contributed by atoms with Crippen LogP contribution < -0.4 is 14.8 Å². The molecule has 2 saturated heterocycles. The molecule has 142 valence electrons. The number of nitrogens with zero attached hydrogens (tertiary/aromatic N) is 1.